The zero-order valence-corrected chi connectivity index (χ0v) is 13.3. The van der Waals surface area contributed by atoms with Crippen LogP contribution in [-0.2, 0) is 20.7 Å². The van der Waals surface area contributed by atoms with Gasteiger partial charge in [-0.3, -0.25) is 9.59 Å². The number of nitrogen functional groups attached to an aromatic ring is 1. The Morgan fingerprint density at radius 2 is 2.24 bits per heavy atom. The van der Waals surface area contributed by atoms with Gasteiger partial charge < -0.3 is 20.3 Å². The Hall–Kier alpha value is -1.67. The second-order valence-corrected chi connectivity index (χ2v) is 6.28. The third-order valence-corrected chi connectivity index (χ3v) is 4.34. The standard InChI is InChI=1S/C13H20N4O3S/c1-8-10(21-13(14)15-8)6-11(18)17-4-5-20-9(7-17)12(19)16(2)3/h9H,4-7H2,1-3H3,(H2,14,15)/t9-/m1/s1. The smallest absolute Gasteiger partial charge is 0.253 e. The molecule has 1 aromatic heterocycles. The Morgan fingerprint density at radius 3 is 2.81 bits per heavy atom. The fourth-order valence-corrected chi connectivity index (χ4v) is 3.00. The highest BCUT2D eigenvalue weighted by Gasteiger charge is 2.30. The normalized spacial score (nSPS) is 18.6. The van der Waals surface area contributed by atoms with E-state index in [1.807, 2.05) is 6.92 Å². The molecule has 1 aromatic rings. The molecule has 0 radical (unpaired) electrons. The van der Waals surface area contributed by atoms with Gasteiger partial charge in [0, 0.05) is 25.5 Å². The van der Waals surface area contributed by atoms with E-state index in [9.17, 15) is 9.59 Å². The van der Waals surface area contributed by atoms with E-state index in [0.717, 1.165) is 10.6 Å². The zero-order valence-electron chi connectivity index (χ0n) is 12.5. The molecule has 1 aliphatic heterocycles. The maximum Gasteiger partial charge on any atom is 0.253 e. The molecule has 7 nitrogen and oxygen atoms in total. The molecule has 0 aliphatic carbocycles. The van der Waals surface area contributed by atoms with Crippen molar-refractivity contribution in [1.29, 1.82) is 0 Å². The van der Waals surface area contributed by atoms with Crippen LogP contribution in [0.4, 0.5) is 5.13 Å². The molecule has 8 heteroatoms. The van der Waals surface area contributed by atoms with Gasteiger partial charge in [0.1, 0.15) is 0 Å². The van der Waals surface area contributed by atoms with Crippen LogP contribution in [-0.4, -0.2) is 66.5 Å². The SMILES string of the molecule is Cc1nc(N)sc1CC(=O)N1CCO[C@@H](C(=O)N(C)C)C1. The summed E-state index contributed by atoms with van der Waals surface area (Å²) in [7, 11) is 3.35. The first-order chi connectivity index (χ1) is 9.88. The second-order valence-electron chi connectivity index (χ2n) is 5.17. The number of carbonyl (C=O) groups is 2. The van der Waals surface area contributed by atoms with Crippen molar-refractivity contribution >= 4 is 28.3 Å². The lowest BCUT2D eigenvalue weighted by atomic mass is 10.2. The Morgan fingerprint density at radius 1 is 1.52 bits per heavy atom. The third kappa shape index (κ3) is 3.70. The summed E-state index contributed by atoms with van der Waals surface area (Å²) in [6.07, 6.45) is -0.311. The Labute approximate surface area is 127 Å². The van der Waals surface area contributed by atoms with Gasteiger partial charge >= 0.3 is 0 Å². The number of carbonyl (C=O) groups excluding carboxylic acids is 2. The number of amides is 2. The van der Waals surface area contributed by atoms with E-state index in [1.165, 1.54) is 16.2 Å². The highest BCUT2D eigenvalue weighted by Crippen LogP contribution is 2.21. The molecule has 0 bridgehead atoms. The van der Waals surface area contributed by atoms with Crippen molar-refractivity contribution in [2.24, 2.45) is 0 Å². The first-order valence-corrected chi connectivity index (χ1v) is 7.52. The summed E-state index contributed by atoms with van der Waals surface area (Å²) in [5, 5.41) is 0.470. The average Bonchev–Trinajstić information content (AvgIpc) is 2.76. The summed E-state index contributed by atoms with van der Waals surface area (Å²) < 4.78 is 5.44. The third-order valence-electron chi connectivity index (χ3n) is 3.36. The van der Waals surface area contributed by atoms with Gasteiger partial charge in [0.2, 0.25) is 5.91 Å². The molecule has 1 atom stereocenters. The van der Waals surface area contributed by atoms with Crippen LogP contribution in [0, 0.1) is 6.92 Å². The Balaban J connectivity index is 1.99. The molecule has 0 saturated carbocycles. The van der Waals surface area contributed by atoms with Crippen molar-refractivity contribution in [2.75, 3.05) is 39.5 Å². The first-order valence-electron chi connectivity index (χ1n) is 6.70. The summed E-state index contributed by atoms with van der Waals surface area (Å²) in [6.45, 7) is 3.01. The zero-order chi connectivity index (χ0) is 15.6. The van der Waals surface area contributed by atoms with Gasteiger partial charge in [0.15, 0.2) is 11.2 Å². The summed E-state index contributed by atoms with van der Waals surface area (Å²) in [4.78, 5) is 32.4. The van der Waals surface area contributed by atoms with Gasteiger partial charge in [-0.25, -0.2) is 4.98 Å². The molecular weight excluding hydrogens is 292 g/mol. The maximum atomic E-state index is 12.4. The van der Waals surface area contributed by atoms with E-state index in [-0.39, 0.29) is 18.2 Å². The number of anilines is 1. The monoisotopic (exact) mass is 312 g/mol. The van der Waals surface area contributed by atoms with Crippen molar-refractivity contribution in [2.45, 2.75) is 19.4 Å². The van der Waals surface area contributed by atoms with Crippen molar-refractivity contribution in [3.8, 4) is 0 Å². The van der Waals surface area contributed by atoms with Crippen molar-refractivity contribution in [3.63, 3.8) is 0 Å². The number of thiazole rings is 1. The Kier molecular flexibility index (Phi) is 4.79. The number of nitrogens with two attached hydrogens (primary N) is 1. The number of ether oxygens (including phenoxy) is 1. The summed E-state index contributed by atoms with van der Waals surface area (Å²) in [5.41, 5.74) is 6.43. The number of aryl methyl sites for hydroxylation is 1. The topological polar surface area (TPSA) is 88.8 Å². The molecule has 2 rings (SSSR count). The van der Waals surface area contributed by atoms with Gasteiger partial charge in [-0.05, 0) is 6.92 Å². The molecule has 1 fully saturated rings. The van der Waals surface area contributed by atoms with Crippen molar-refractivity contribution in [3.05, 3.63) is 10.6 Å². The lowest BCUT2D eigenvalue weighted by Crippen LogP contribution is -2.51. The molecule has 1 saturated heterocycles. The van der Waals surface area contributed by atoms with Crippen molar-refractivity contribution < 1.29 is 14.3 Å². The summed E-state index contributed by atoms with van der Waals surface area (Å²) >= 11 is 1.33. The van der Waals surface area contributed by atoms with Crippen LogP contribution in [0.1, 0.15) is 10.6 Å². The van der Waals surface area contributed by atoms with Crippen LogP contribution in [0.2, 0.25) is 0 Å². The van der Waals surface area contributed by atoms with Crippen molar-refractivity contribution in [1.82, 2.24) is 14.8 Å². The number of aromatic nitrogens is 1. The molecule has 2 amide bonds. The van der Waals surface area contributed by atoms with Crippen LogP contribution in [0.25, 0.3) is 0 Å². The average molecular weight is 312 g/mol. The molecular formula is C13H20N4O3S. The minimum Gasteiger partial charge on any atom is -0.375 e. The predicted octanol–water partition coefficient (Wildman–Crippen LogP) is -0.108. The lowest BCUT2D eigenvalue weighted by Gasteiger charge is -2.33. The van der Waals surface area contributed by atoms with Crippen LogP contribution in [0.3, 0.4) is 0 Å². The predicted molar refractivity (Wildman–Crippen MR) is 80.0 cm³/mol. The van der Waals surface area contributed by atoms with Crippen LogP contribution in [0.15, 0.2) is 0 Å². The van der Waals surface area contributed by atoms with E-state index in [1.54, 1.807) is 19.0 Å². The molecule has 0 aromatic carbocycles. The minimum atomic E-state index is -0.578. The maximum absolute atomic E-state index is 12.4. The van der Waals surface area contributed by atoms with Gasteiger partial charge in [-0.1, -0.05) is 0 Å². The Bertz CT molecular complexity index is 544. The van der Waals surface area contributed by atoms with E-state index in [4.69, 9.17) is 10.5 Å². The molecule has 0 spiro atoms. The first kappa shape index (κ1) is 15.7. The molecule has 21 heavy (non-hydrogen) atoms. The van der Waals surface area contributed by atoms with E-state index in [0.29, 0.717) is 24.8 Å². The van der Waals surface area contributed by atoms with Gasteiger partial charge in [0.25, 0.3) is 5.91 Å². The molecule has 1 aliphatic rings. The number of likely N-dealkylation sites (N-methyl/N-ethyl adjacent to an activating group) is 1. The lowest BCUT2D eigenvalue weighted by molar-refractivity contribution is -0.152. The minimum absolute atomic E-state index is 0.0263. The quantitative estimate of drug-likeness (QED) is 0.841. The number of hydrogen-bond donors (Lipinski definition) is 1. The van der Waals surface area contributed by atoms with Crippen LogP contribution >= 0.6 is 11.3 Å². The fourth-order valence-electron chi connectivity index (χ4n) is 2.18. The van der Waals surface area contributed by atoms with Gasteiger partial charge in [-0.15, -0.1) is 11.3 Å². The number of rotatable bonds is 3. The highest BCUT2D eigenvalue weighted by atomic mass is 32.1. The fraction of sp³-hybridized carbons (Fsp3) is 0.615. The highest BCUT2D eigenvalue weighted by molar-refractivity contribution is 7.15. The molecule has 2 N–H and O–H groups in total. The van der Waals surface area contributed by atoms with Crippen LogP contribution < -0.4 is 5.73 Å². The van der Waals surface area contributed by atoms with E-state index >= 15 is 0 Å². The number of hydrogen-bond acceptors (Lipinski definition) is 6. The second kappa shape index (κ2) is 6.40. The number of morpholine rings is 1. The van der Waals surface area contributed by atoms with Gasteiger partial charge in [0.05, 0.1) is 25.3 Å². The molecule has 116 valence electrons. The summed E-state index contributed by atoms with van der Waals surface area (Å²) in [6, 6.07) is 0. The summed E-state index contributed by atoms with van der Waals surface area (Å²) in [5.74, 6) is -0.146. The largest absolute Gasteiger partial charge is 0.375 e. The molecule has 0 unspecified atom stereocenters. The van der Waals surface area contributed by atoms with Gasteiger partial charge in [-0.2, -0.15) is 0 Å². The van der Waals surface area contributed by atoms with Crippen LogP contribution in [0.5, 0.6) is 0 Å². The molecule has 2 heterocycles. The van der Waals surface area contributed by atoms with E-state index < -0.39 is 6.10 Å². The van der Waals surface area contributed by atoms with E-state index in [2.05, 4.69) is 4.98 Å². The number of nitrogens with zero attached hydrogens (tertiary/aromatic N) is 3.